The van der Waals surface area contributed by atoms with Gasteiger partial charge in [0.2, 0.25) is 0 Å². The summed E-state index contributed by atoms with van der Waals surface area (Å²) in [4.78, 5) is 12.4. The van der Waals surface area contributed by atoms with Crippen LogP contribution in [0.1, 0.15) is 28.4 Å². The molecule has 3 rings (SSSR count). The Balaban J connectivity index is 1.64. The van der Waals surface area contributed by atoms with Crippen LogP contribution in [0.4, 0.5) is 0 Å². The van der Waals surface area contributed by atoms with Crippen LogP contribution in [0, 0.1) is 0 Å². The van der Waals surface area contributed by atoms with Crippen molar-refractivity contribution in [1.29, 1.82) is 0 Å². The fraction of sp³-hybridized carbons (Fsp3) is 0.167. The Hall–Kier alpha value is -3.51. The normalized spacial score (nSPS) is 10.7. The van der Waals surface area contributed by atoms with Gasteiger partial charge in [0.15, 0.2) is 11.5 Å². The highest BCUT2D eigenvalue weighted by Gasteiger charge is 2.10. The van der Waals surface area contributed by atoms with E-state index in [1.807, 2.05) is 55.5 Å². The van der Waals surface area contributed by atoms with Crippen LogP contribution < -0.4 is 19.6 Å². The summed E-state index contributed by atoms with van der Waals surface area (Å²) in [6.07, 6.45) is 1.54. The SMILES string of the molecule is CCOc1ccc(C(=O)N/N=C/c2ccccc2OCc2ccc(Cl)cc2)cc1OC. The first kappa shape index (κ1) is 22.2. The van der Waals surface area contributed by atoms with Gasteiger partial charge in [0, 0.05) is 16.1 Å². The van der Waals surface area contributed by atoms with Gasteiger partial charge in [0.1, 0.15) is 12.4 Å². The minimum absolute atomic E-state index is 0.364. The van der Waals surface area contributed by atoms with E-state index in [1.54, 1.807) is 24.4 Å². The molecule has 0 unspecified atom stereocenters. The number of carbonyl (C=O) groups excluding carboxylic acids is 1. The monoisotopic (exact) mass is 438 g/mol. The molecule has 0 aliphatic heterocycles. The van der Waals surface area contributed by atoms with E-state index in [4.69, 9.17) is 25.8 Å². The van der Waals surface area contributed by atoms with E-state index in [2.05, 4.69) is 10.5 Å². The minimum atomic E-state index is -0.364. The number of hydrazone groups is 1. The Morgan fingerprint density at radius 1 is 1.00 bits per heavy atom. The van der Waals surface area contributed by atoms with Crippen LogP contribution in [0.3, 0.4) is 0 Å². The highest BCUT2D eigenvalue weighted by atomic mass is 35.5. The molecule has 7 heteroatoms. The zero-order valence-electron chi connectivity index (χ0n) is 17.3. The summed E-state index contributed by atoms with van der Waals surface area (Å²) in [5.41, 5.74) is 4.66. The van der Waals surface area contributed by atoms with E-state index in [0.29, 0.717) is 41.0 Å². The first-order chi connectivity index (χ1) is 15.1. The van der Waals surface area contributed by atoms with Crippen molar-refractivity contribution in [2.75, 3.05) is 13.7 Å². The summed E-state index contributed by atoms with van der Waals surface area (Å²) in [5, 5.41) is 4.74. The molecule has 0 heterocycles. The molecule has 0 saturated carbocycles. The van der Waals surface area contributed by atoms with Gasteiger partial charge in [0.25, 0.3) is 5.91 Å². The number of halogens is 1. The summed E-state index contributed by atoms with van der Waals surface area (Å²) < 4.78 is 16.6. The zero-order chi connectivity index (χ0) is 22.1. The van der Waals surface area contributed by atoms with E-state index >= 15 is 0 Å². The number of para-hydroxylation sites is 1. The number of nitrogens with zero attached hydrogens (tertiary/aromatic N) is 1. The molecule has 0 spiro atoms. The Morgan fingerprint density at radius 3 is 2.52 bits per heavy atom. The number of ether oxygens (including phenoxy) is 3. The molecule has 1 N–H and O–H groups in total. The maximum Gasteiger partial charge on any atom is 0.271 e. The average molecular weight is 439 g/mol. The van der Waals surface area contributed by atoms with Crippen molar-refractivity contribution in [2.45, 2.75) is 13.5 Å². The van der Waals surface area contributed by atoms with Crippen LogP contribution in [0.25, 0.3) is 0 Å². The number of hydrogen-bond acceptors (Lipinski definition) is 5. The van der Waals surface area contributed by atoms with E-state index in [1.165, 1.54) is 7.11 Å². The molecule has 160 valence electrons. The lowest BCUT2D eigenvalue weighted by Crippen LogP contribution is -2.17. The first-order valence-corrected chi connectivity index (χ1v) is 10.1. The Kier molecular flexibility index (Phi) is 7.90. The predicted octanol–water partition coefficient (Wildman–Crippen LogP) is 5.09. The van der Waals surface area contributed by atoms with Crippen molar-refractivity contribution >= 4 is 23.7 Å². The van der Waals surface area contributed by atoms with Crippen LogP contribution in [0.5, 0.6) is 17.2 Å². The van der Waals surface area contributed by atoms with Gasteiger partial charge in [0.05, 0.1) is 19.9 Å². The van der Waals surface area contributed by atoms with Gasteiger partial charge in [-0.05, 0) is 55.0 Å². The number of methoxy groups -OCH3 is 1. The number of benzene rings is 3. The maximum absolute atomic E-state index is 12.4. The fourth-order valence-corrected chi connectivity index (χ4v) is 2.89. The molecule has 1 amide bonds. The first-order valence-electron chi connectivity index (χ1n) is 9.71. The predicted molar refractivity (Wildman–Crippen MR) is 121 cm³/mol. The highest BCUT2D eigenvalue weighted by Crippen LogP contribution is 2.28. The van der Waals surface area contributed by atoms with Gasteiger partial charge < -0.3 is 14.2 Å². The van der Waals surface area contributed by atoms with Crippen molar-refractivity contribution in [2.24, 2.45) is 5.10 Å². The molecule has 0 aromatic heterocycles. The summed E-state index contributed by atoms with van der Waals surface area (Å²) in [7, 11) is 1.53. The van der Waals surface area contributed by atoms with Crippen LogP contribution in [0.2, 0.25) is 5.02 Å². The molecular weight excluding hydrogens is 416 g/mol. The highest BCUT2D eigenvalue weighted by molar-refractivity contribution is 6.30. The zero-order valence-corrected chi connectivity index (χ0v) is 18.1. The third kappa shape index (κ3) is 6.23. The quantitative estimate of drug-likeness (QED) is 0.373. The minimum Gasteiger partial charge on any atom is -0.493 e. The number of nitrogens with one attached hydrogen (secondary N) is 1. The van der Waals surface area contributed by atoms with E-state index in [-0.39, 0.29) is 5.91 Å². The van der Waals surface area contributed by atoms with Crippen molar-refractivity contribution in [3.05, 3.63) is 88.4 Å². The van der Waals surface area contributed by atoms with E-state index < -0.39 is 0 Å². The lowest BCUT2D eigenvalue weighted by atomic mass is 10.2. The lowest BCUT2D eigenvalue weighted by Gasteiger charge is -2.10. The maximum atomic E-state index is 12.4. The lowest BCUT2D eigenvalue weighted by molar-refractivity contribution is 0.0954. The molecule has 0 bridgehead atoms. The van der Waals surface area contributed by atoms with Gasteiger partial charge in [-0.25, -0.2) is 5.43 Å². The molecule has 0 aliphatic rings. The summed E-state index contributed by atoms with van der Waals surface area (Å²) >= 11 is 5.91. The summed E-state index contributed by atoms with van der Waals surface area (Å²) in [6.45, 7) is 2.78. The molecule has 31 heavy (non-hydrogen) atoms. The van der Waals surface area contributed by atoms with Crippen molar-refractivity contribution in [3.8, 4) is 17.2 Å². The van der Waals surface area contributed by atoms with Crippen molar-refractivity contribution in [1.82, 2.24) is 5.43 Å². The Bertz CT molecular complexity index is 1050. The van der Waals surface area contributed by atoms with Crippen LogP contribution in [-0.2, 0) is 6.61 Å². The molecule has 0 aliphatic carbocycles. The molecule has 0 fully saturated rings. The van der Waals surface area contributed by atoms with Crippen molar-refractivity contribution < 1.29 is 19.0 Å². The number of hydrogen-bond donors (Lipinski definition) is 1. The second kappa shape index (κ2) is 11.0. The van der Waals surface area contributed by atoms with E-state index in [9.17, 15) is 4.79 Å². The Morgan fingerprint density at radius 2 is 1.77 bits per heavy atom. The largest absolute Gasteiger partial charge is 0.493 e. The van der Waals surface area contributed by atoms with Gasteiger partial charge in [-0.2, -0.15) is 5.10 Å². The summed E-state index contributed by atoms with van der Waals surface area (Å²) in [6, 6.07) is 19.9. The van der Waals surface area contributed by atoms with E-state index in [0.717, 1.165) is 11.1 Å². The molecule has 6 nitrogen and oxygen atoms in total. The molecular formula is C24H23ClN2O4. The molecule has 0 atom stereocenters. The molecule has 0 saturated heterocycles. The van der Waals surface area contributed by atoms with Gasteiger partial charge in [-0.1, -0.05) is 35.9 Å². The van der Waals surface area contributed by atoms with Crippen LogP contribution in [0.15, 0.2) is 71.8 Å². The number of amides is 1. The topological polar surface area (TPSA) is 69.2 Å². The van der Waals surface area contributed by atoms with Gasteiger partial charge in [-0.3, -0.25) is 4.79 Å². The third-order valence-corrected chi connectivity index (χ3v) is 4.57. The Labute approximate surface area is 186 Å². The standard InChI is InChI=1S/C24H23ClN2O4/c1-3-30-22-13-10-18(14-23(22)29-2)24(28)27-26-15-19-6-4-5-7-21(19)31-16-17-8-11-20(25)12-9-17/h4-15H,3,16H2,1-2H3,(H,27,28)/b26-15+. The fourth-order valence-electron chi connectivity index (χ4n) is 2.77. The summed E-state index contributed by atoms with van der Waals surface area (Å²) in [5.74, 6) is 1.35. The van der Waals surface area contributed by atoms with Crippen molar-refractivity contribution in [3.63, 3.8) is 0 Å². The smallest absolute Gasteiger partial charge is 0.271 e. The third-order valence-electron chi connectivity index (χ3n) is 4.32. The van der Waals surface area contributed by atoms with Gasteiger partial charge >= 0.3 is 0 Å². The molecule has 3 aromatic carbocycles. The van der Waals surface area contributed by atoms with Crippen LogP contribution >= 0.6 is 11.6 Å². The molecule has 3 aromatic rings. The second-order valence-corrected chi connectivity index (χ2v) is 6.89. The molecule has 0 radical (unpaired) electrons. The average Bonchev–Trinajstić information content (AvgIpc) is 2.80. The van der Waals surface area contributed by atoms with Gasteiger partial charge in [-0.15, -0.1) is 0 Å². The van der Waals surface area contributed by atoms with Crippen LogP contribution in [-0.4, -0.2) is 25.8 Å². The second-order valence-electron chi connectivity index (χ2n) is 6.45. The number of carbonyl (C=O) groups is 1. The number of rotatable bonds is 9.